The lowest BCUT2D eigenvalue weighted by atomic mass is 9.92. The summed E-state index contributed by atoms with van der Waals surface area (Å²) in [5.41, 5.74) is -0.477. The fourth-order valence-corrected chi connectivity index (χ4v) is 3.07. The molecule has 0 radical (unpaired) electrons. The number of hydrogen-bond donors (Lipinski definition) is 2. The van der Waals surface area contributed by atoms with Crippen LogP contribution in [0.5, 0.6) is 0 Å². The number of aliphatic hydroxyl groups is 1. The van der Waals surface area contributed by atoms with Crippen LogP contribution in [0.4, 0.5) is 0 Å². The molecule has 4 heteroatoms. The summed E-state index contributed by atoms with van der Waals surface area (Å²) in [5.74, 6) is 1.34. The Hall–Kier alpha value is -0.610. The molecule has 0 bridgehead atoms. The third kappa shape index (κ3) is 2.20. The fourth-order valence-electron chi connectivity index (χ4n) is 3.07. The van der Waals surface area contributed by atoms with Gasteiger partial charge in [0.1, 0.15) is 0 Å². The van der Waals surface area contributed by atoms with Crippen LogP contribution in [0, 0.1) is 11.8 Å². The molecule has 1 saturated carbocycles. The second-order valence-corrected chi connectivity index (χ2v) is 6.11. The molecule has 1 aliphatic carbocycles. The average molecular weight is 240 g/mol. The minimum atomic E-state index is -0.477. The van der Waals surface area contributed by atoms with Gasteiger partial charge in [0.15, 0.2) is 0 Å². The third-order valence-electron chi connectivity index (χ3n) is 4.64. The molecule has 2 N–H and O–H groups in total. The highest BCUT2D eigenvalue weighted by Crippen LogP contribution is 2.38. The predicted molar refractivity (Wildman–Crippen MR) is 66.6 cm³/mol. The molecule has 2 aliphatic rings. The van der Waals surface area contributed by atoms with Crippen LogP contribution < -0.4 is 5.32 Å². The van der Waals surface area contributed by atoms with Crippen molar-refractivity contribution in [1.29, 1.82) is 0 Å². The Bertz CT molecular complexity index is 304. The summed E-state index contributed by atoms with van der Waals surface area (Å²) >= 11 is 0. The number of nitrogens with zero attached hydrogens (tertiary/aromatic N) is 1. The number of amides is 1. The monoisotopic (exact) mass is 240 g/mol. The van der Waals surface area contributed by atoms with Crippen molar-refractivity contribution < 1.29 is 9.90 Å². The number of carbonyl (C=O) groups is 1. The van der Waals surface area contributed by atoms with Gasteiger partial charge in [-0.3, -0.25) is 4.79 Å². The molecule has 3 atom stereocenters. The van der Waals surface area contributed by atoms with Gasteiger partial charge in [0.2, 0.25) is 5.91 Å². The summed E-state index contributed by atoms with van der Waals surface area (Å²) in [5, 5.41) is 12.7. The summed E-state index contributed by atoms with van der Waals surface area (Å²) in [6.45, 7) is 4.77. The highest BCUT2D eigenvalue weighted by molar-refractivity contribution is 5.83. The summed E-state index contributed by atoms with van der Waals surface area (Å²) in [4.78, 5) is 14.1. The molecule has 1 saturated heterocycles. The van der Waals surface area contributed by atoms with Crippen molar-refractivity contribution in [3.05, 3.63) is 0 Å². The van der Waals surface area contributed by atoms with Gasteiger partial charge in [0.05, 0.1) is 18.2 Å². The molecule has 2 fully saturated rings. The molecule has 2 rings (SSSR count). The fraction of sp³-hybridized carbons (Fsp3) is 0.923. The van der Waals surface area contributed by atoms with E-state index in [0.29, 0.717) is 11.8 Å². The zero-order chi connectivity index (χ0) is 12.6. The van der Waals surface area contributed by atoms with Crippen molar-refractivity contribution in [3.63, 3.8) is 0 Å². The predicted octanol–water partition coefficient (Wildman–Crippen LogP) is 0.604. The van der Waals surface area contributed by atoms with Crippen molar-refractivity contribution in [2.45, 2.75) is 44.7 Å². The molecule has 1 amide bonds. The zero-order valence-electron chi connectivity index (χ0n) is 11.1. The molecule has 0 aromatic carbocycles. The molecule has 0 aromatic rings. The van der Waals surface area contributed by atoms with Crippen molar-refractivity contribution in [2.24, 2.45) is 11.8 Å². The first-order valence-electron chi connectivity index (χ1n) is 6.59. The van der Waals surface area contributed by atoms with Crippen molar-refractivity contribution in [3.8, 4) is 0 Å². The molecule has 3 unspecified atom stereocenters. The maximum absolute atomic E-state index is 12.4. The largest absolute Gasteiger partial charge is 0.394 e. The standard InChI is InChI=1S/C13H24N2O2/c1-13(2,8-16)15(3)12(17)11-10-6-4-5-9(10)7-14-11/h9-11,14,16H,4-8H2,1-3H3. The van der Waals surface area contributed by atoms with E-state index in [1.165, 1.54) is 19.3 Å². The van der Waals surface area contributed by atoms with Crippen LogP contribution in [-0.2, 0) is 4.79 Å². The average Bonchev–Trinajstić information content (AvgIpc) is 2.88. The number of fused-ring (bicyclic) bond motifs is 1. The smallest absolute Gasteiger partial charge is 0.240 e. The van der Waals surface area contributed by atoms with Crippen LogP contribution in [0.15, 0.2) is 0 Å². The first kappa shape index (κ1) is 12.8. The first-order valence-corrected chi connectivity index (χ1v) is 6.59. The number of aliphatic hydroxyl groups excluding tert-OH is 1. The molecule has 17 heavy (non-hydrogen) atoms. The lowest BCUT2D eigenvalue weighted by molar-refractivity contribution is -0.139. The summed E-state index contributed by atoms with van der Waals surface area (Å²) in [6.07, 6.45) is 3.68. The Morgan fingerprint density at radius 3 is 2.82 bits per heavy atom. The van der Waals surface area contributed by atoms with E-state index in [1.807, 2.05) is 13.8 Å². The summed E-state index contributed by atoms with van der Waals surface area (Å²) in [6, 6.07) is -0.0293. The highest BCUT2D eigenvalue weighted by Gasteiger charge is 2.44. The van der Waals surface area contributed by atoms with Gasteiger partial charge in [-0.1, -0.05) is 6.42 Å². The van der Waals surface area contributed by atoms with Crippen LogP contribution in [0.1, 0.15) is 33.1 Å². The number of rotatable bonds is 3. The van der Waals surface area contributed by atoms with Crippen LogP contribution >= 0.6 is 0 Å². The number of nitrogens with one attached hydrogen (secondary N) is 1. The van der Waals surface area contributed by atoms with E-state index in [9.17, 15) is 9.90 Å². The summed E-state index contributed by atoms with van der Waals surface area (Å²) in [7, 11) is 1.79. The van der Waals surface area contributed by atoms with Gasteiger partial charge in [-0.15, -0.1) is 0 Å². The van der Waals surface area contributed by atoms with Crippen LogP contribution in [0.2, 0.25) is 0 Å². The molecular weight excluding hydrogens is 216 g/mol. The Kier molecular flexibility index (Phi) is 3.46. The van der Waals surface area contributed by atoms with E-state index in [2.05, 4.69) is 5.32 Å². The van der Waals surface area contributed by atoms with Crippen LogP contribution in [0.3, 0.4) is 0 Å². The van der Waals surface area contributed by atoms with Crippen molar-refractivity contribution >= 4 is 5.91 Å². The molecule has 1 aliphatic heterocycles. The maximum atomic E-state index is 12.4. The van der Waals surface area contributed by atoms with Gasteiger partial charge in [0.25, 0.3) is 0 Å². The van der Waals surface area contributed by atoms with E-state index in [1.54, 1.807) is 11.9 Å². The van der Waals surface area contributed by atoms with E-state index in [-0.39, 0.29) is 18.6 Å². The quantitative estimate of drug-likeness (QED) is 0.760. The van der Waals surface area contributed by atoms with E-state index >= 15 is 0 Å². The second-order valence-electron chi connectivity index (χ2n) is 6.11. The molecular formula is C13H24N2O2. The number of carbonyl (C=O) groups excluding carboxylic acids is 1. The number of hydrogen-bond acceptors (Lipinski definition) is 3. The second kappa shape index (κ2) is 4.58. The maximum Gasteiger partial charge on any atom is 0.240 e. The van der Waals surface area contributed by atoms with Gasteiger partial charge in [0, 0.05) is 7.05 Å². The third-order valence-corrected chi connectivity index (χ3v) is 4.64. The van der Waals surface area contributed by atoms with Gasteiger partial charge in [-0.2, -0.15) is 0 Å². The highest BCUT2D eigenvalue weighted by atomic mass is 16.3. The normalized spacial score (nSPS) is 32.6. The Morgan fingerprint density at radius 1 is 1.47 bits per heavy atom. The van der Waals surface area contributed by atoms with Crippen molar-refractivity contribution in [2.75, 3.05) is 20.2 Å². The van der Waals surface area contributed by atoms with Gasteiger partial charge in [-0.05, 0) is 45.1 Å². The molecule has 0 spiro atoms. The molecule has 1 heterocycles. The first-order chi connectivity index (χ1) is 7.97. The lowest BCUT2D eigenvalue weighted by Crippen LogP contribution is -2.54. The van der Waals surface area contributed by atoms with Gasteiger partial charge >= 0.3 is 0 Å². The summed E-state index contributed by atoms with van der Waals surface area (Å²) < 4.78 is 0. The lowest BCUT2D eigenvalue weighted by Gasteiger charge is -2.36. The Labute approximate surface area is 103 Å². The minimum Gasteiger partial charge on any atom is -0.394 e. The topological polar surface area (TPSA) is 52.6 Å². The zero-order valence-corrected chi connectivity index (χ0v) is 11.1. The van der Waals surface area contributed by atoms with Crippen molar-refractivity contribution in [1.82, 2.24) is 10.2 Å². The Morgan fingerprint density at radius 2 is 2.18 bits per heavy atom. The molecule has 98 valence electrons. The van der Waals surface area contributed by atoms with Crippen LogP contribution in [0.25, 0.3) is 0 Å². The SMILES string of the molecule is CN(C(=O)C1NCC2CCCC21)C(C)(C)CO. The van der Waals surface area contributed by atoms with E-state index in [0.717, 1.165) is 6.54 Å². The Balaban J connectivity index is 2.05. The van der Waals surface area contributed by atoms with Gasteiger partial charge < -0.3 is 15.3 Å². The number of likely N-dealkylation sites (N-methyl/N-ethyl adjacent to an activating group) is 1. The van der Waals surface area contributed by atoms with E-state index in [4.69, 9.17) is 0 Å². The van der Waals surface area contributed by atoms with E-state index < -0.39 is 5.54 Å². The van der Waals surface area contributed by atoms with Gasteiger partial charge in [-0.25, -0.2) is 0 Å². The minimum absolute atomic E-state index is 0.00391. The molecule has 4 nitrogen and oxygen atoms in total. The van der Waals surface area contributed by atoms with Crippen LogP contribution in [-0.4, -0.2) is 47.7 Å². The molecule has 0 aromatic heterocycles.